The number of hydrogen-bond donors (Lipinski definition) is 2. The van der Waals surface area contributed by atoms with E-state index >= 15 is 0 Å². The molecule has 0 bridgehead atoms. The second-order valence-corrected chi connectivity index (χ2v) is 6.76. The zero-order valence-corrected chi connectivity index (χ0v) is 15.6. The van der Waals surface area contributed by atoms with Crippen LogP contribution in [0.5, 0.6) is 0 Å². The van der Waals surface area contributed by atoms with Gasteiger partial charge in [-0.3, -0.25) is 9.59 Å². The van der Waals surface area contributed by atoms with Crippen molar-refractivity contribution in [1.29, 1.82) is 0 Å². The lowest BCUT2D eigenvalue weighted by Crippen LogP contribution is -2.27. The van der Waals surface area contributed by atoms with Crippen LogP contribution in [0.2, 0.25) is 0 Å². The molecular formula is C17H21ClN4O2S. The molecule has 0 unspecified atom stereocenters. The van der Waals surface area contributed by atoms with Crippen LogP contribution in [0.25, 0.3) is 0 Å². The lowest BCUT2D eigenvalue weighted by molar-refractivity contribution is 0.0792. The second-order valence-electron chi connectivity index (χ2n) is 5.81. The summed E-state index contributed by atoms with van der Waals surface area (Å²) in [4.78, 5) is 30.7. The Balaban J connectivity index is 0.00000225. The molecule has 1 aliphatic rings. The number of nitrogens with one attached hydrogen (secondary N) is 1. The zero-order chi connectivity index (χ0) is 17.1. The van der Waals surface area contributed by atoms with Gasteiger partial charge in [0.1, 0.15) is 10.7 Å². The molecule has 1 aliphatic heterocycles. The molecule has 6 nitrogen and oxygen atoms in total. The Morgan fingerprint density at radius 1 is 1.32 bits per heavy atom. The van der Waals surface area contributed by atoms with Crippen LogP contribution >= 0.6 is 23.7 Å². The third-order valence-electron chi connectivity index (χ3n) is 4.07. The van der Waals surface area contributed by atoms with Gasteiger partial charge in [0.05, 0.1) is 0 Å². The SMILES string of the molecule is Cc1cc(C(=O)N2CCCC2)ccc1NC(=O)c1csc(CN)n1.Cl. The van der Waals surface area contributed by atoms with Gasteiger partial charge >= 0.3 is 0 Å². The summed E-state index contributed by atoms with van der Waals surface area (Å²) in [6.07, 6.45) is 2.13. The fraction of sp³-hybridized carbons (Fsp3) is 0.353. The van der Waals surface area contributed by atoms with Crippen LogP contribution in [0.15, 0.2) is 23.6 Å². The van der Waals surface area contributed by atoms with Crippen LogP contribution in [-0.2, 0) is 6.54 Å². The second kappa shape index (κ2) is 8.42. The quantitative estimate of drug-likeness (QED) is 0.853. The van der Waals surface area contributed by atoms with E-state index in [4.69, 9.17) is 5.73 Å². The van der Waals surface area contributed by atoms with E-state index < -0.39 is 0 Å². The normalized spacial score (nSPS) is 13.4. The number of nitrogens with two attached hydrogens (primary N) is 1. The van der Waals surface area contributed by atoms with Crippen LogP contribution in [0, 0.1) is 6.92 Å². The van der Waals surface area contributed by atoms with Crippen LogP contribution in [-0.4, -0.2) is 34.8 Å². The van der Waals surface area contributed by atoms with E-state index in [0.29, 0.717) is 23.5 Å². The van der Waals surface area contributed by atoms with Crippen LogP contribution in [0.4, 0.5) is 5.69 Å². The van der Waals surface area contributed by atoms with Gasteiger partial charge in [-0.15, -0.1) is 23.7 Å². The number of aromatic nitrogens is 1. The maximum Gasteiger partial charge on any atom is 0.275 e. The lowest BCUT2D eigenvalue weighted by Gasteiger charge is -2.16. The summed E-state index contributed by atoms with van der Waals surface area (Å²) >= 11 is 1.37. The molecule has 1 saturated heterocycles. The maximum absolute atomic E-state index is 12.4. The molecule has 2 heterocycles. The van der Waals surface area contributed by atoms with Crippen molar-refractivity contribution in [2.24, 2.45) is 5.73 Å². The third kappa shape index (κ3) is 4.36. The number of benzene rings is 1. The van der Waals surface area contributed by atoms with Gasteiger partial charge in [0.2, 0.25) is 0 Å². The minimum absolute atomic E-state index is 0. The number of amides is 2. The number of thiazole rings is 1. The van der Waals surface area contributed by atoms with Crippen LogP contribution in [0.1, 0.15) is 44.3 Å². The first-order valence-corrected chi connectivity index (χ1v) is 8.82. The summed E-state index contributed by atoms with van der Waals surface area (Å²) in [5.74, 6) is -0.215. The Bertz CT molecular complexity index is 772. The summed E-state index contributed by atoms with van der Waals surface area (Å²) in [7, 11) is 0. The van der Waals surface area contributed by atoms with Crippen molar-refractivity contribution in [2.75, 3.05) is 18.4 Å². The predicted octanol–water partition coefficient (Wildman–Crippen LogP) is 2.82. The molecule has 2 aromatic rings. The molecule has 1 aromatic heterocycles. The van der Waals surface area contributed by atoms with Crippen molar-refractivity contribution < 1.29 is 9.59 Å². The number of carbonyl (C=O) groups is 2. The average Bonchev–Trinajstić information content (AvgIpc) is 3.27. The molecule has 3 rings (SSSR count). The standard InChI is InChI=1S/C17H20N4O2S.ClH/c1-11-8-12(17(23)21-6-2-3-7-21)4-5-13(11)20-16(22)14-10-24-15(9-18)19-14;/h4-5,8,10H,2-3,6-7,9,18H2,1H3,(H,20,22);1H. The van der Waals surface area contributed by atoms with Crippen molar-refractivity contribution in [3.8, 4) is 0 Å². The monoisotopic (exact) mass is 380 g/mol. The van der Waals surface area contributed by atoms with Gasteiger partial charge in [-0.25, -0.2) is 4.98 Å². The fourth-order valence-electron chi connectivity index (χ4n) is 2.74. The Labute approximate surface area is 156 Å². The van der Waals surface area contributed by atoms with Gasteiger partial charge in [-0.1, -0.05) is 0 Å². The first kappa shape index (κ1) is 19.4. The highest BCUT2D eigenvalue weighted by Crippen LogP contribution is 2.20. The van der Waals surface area contributed by atoms with E-state index in [-0.39, 0.29) is 24.2 Å². The number of aryl methyl sites for hydroxylation is 1. The summed E-state index contributed by atoms with van der Waals surface area (Å²) in [5, 5.41) is 5.26. The van der Waals surface area contributed by atoms with E-state index in [0.717, 1.165) is 36.5 Å². The Morgan fingerprint density at radius 2 is 2.04 bits per heavy atom. The number of halogens is 1. The van der Waals surface area contributed by atoms with Gasteiger partial charge in [-0.05, 0) is 43.5 Å². The highest BCUT2D eigenvalue weighted by atomic mass is 35.5. The Kier molecular flexibility index (Phi) is 6.52. The highest BCUT2D eigenvalue weighted by molar-refractivity contribution is 7.09. The molecule has 3 N–H and O–H groups in total. The van der Waals surface area contributed by atoms with Crippen molar-refractivity contribution in [3.05, 3.63) is 45.4 Å². The zero-order valence-electron chi connectivity index (χ0n) is 13.9. The number of likely N-dealkylation sites (tertiary alicyclic amines) is 1. The molecule has 1 aromatic carbocycles. The number of hydrogen-bond acceptors (Lipinski definition) is 5. The van der Waals surface area contributed by atoms with E-state index in [2.05, 4.69) is 10.3 Å². The maximum atomic E-state index is 12.4. The number of nitrogens with zero attached hydrogens (tertiary/aromatic N) is 2. The highest BCUT2D eigenvalue weighted by Gasteiger charge is 2.20. The Morgan fingerprint density at radius 3 is 2.64 bits per heavy atom. The fourth-order valence-corrected chi connectivity index (χ4v) is 3.39. The van der Waals surface area contributed by atoms with Crippen molar-refractivity contribution in [1.82, 2.24) is 9.88 Å². The predicted molar refractivity (Wildman–Crippen MR) is 102 cm³/mol. The topological polar surface area (TPSA) is 88.3 Å². The molecule has 25 heavy (non-hydrogen) atoms. The van der Waals surface area contributed by atoms with Crippen molar-refractivity contribution >= 4 is 41.2 Å². The van der Waals surface area contributed by atoms with E-state index in [1.54, 1.807) is 17.5 Å². The van der Waals surface area contributed by atoms with Gasteiger partial charge in [0.15, 0.2) is 0 Å². The molecule has 0 spiro atoms. The summed E-state index contributed by atoms with van der Waals surface area (Å²) in [6.45, 7) is 3.85. The summed E-state index contributed by atoms with van der Waals surface area (Å²) in [5.41, 5.74) is 8.06. The molecule has 134 valence electrons. The van der Waals surface area contributed by atoms with Gasteiger partial charge < -0.3 is 16.0 Å². The minimum Gasteiger partial charge on any atom is -0.339 e. The molecule has 0 aliphatic carbocycles. The first-order chi connectivity index (χ1) is 11.6. The van der Waals surface area contributed by atoms with Gasteiger partial charge in [-0.2, -0.15) is 0 Å². The van der Waals surface area contributed by atoms with E-state index in [9.17, 15) is 9.59 Å². The van der Waals surface area contributed by atoms with Gasteiger partial charge in [0.25, 0.3) is 11.8 Å². The minimum atomic E-state index is -0.271. The number of anilines is 1. The molecule has 2 amide bonds. The molecular weight excluding hydrogens is 360 g/mol. The van der Waals surface area contributed by atoms with Crippen molar-refractivity contribution in [3.63, 3.8) is 0 Å². The lowest BCUT2D eigenvalue weighted by atomic mass is 10.1. The molecule has 0 atom stereocenters. The van der Waals surface area contributed by atoms with Crippen LogP contribution in [0.3, 0.4) is 0 Å². The average molecular weight is 381 g/mol. The molecule has 1 fully saturated rings. The summed E-state index contributed by atoms with van der Waals surface area (Å²) < 4.78 is 0. The molecule has 8 heteroatoms. The van der Waals surface area contributed by atoms with E-state index in [1.807, 2.05) is 17.9 Å². The number of carbonyl (C=O) groups excluding carboxylic acids is 2. The Hall–Kier alpha value is -1.96. The van der Waals surface area contributed by atoms with Crippen LogP contribution < -0.4 is 11.1 Å². The van der Waals surface area contributed by atoms with Crippen molar-refractivity contribution in [2.45, 2.75) is 26.3 Å². The smallest absolute Gasteiger partial charge is 0.275 e. The summed E-state index contributed by atoms with van der Waals surface area (Å²) in [6, 6.07) is 5.35. The largest absolute Gasteiger partial charge is 0.339 e. The molecule has 0 radical (unpaired) electrons. The number of rotatable bonds is 4. The first-order valence-electron chi connectivity index (χ1n) is 7.94. The van der Waals surface area contributed by atoms with E-state index in [1.165, 1.54) is 11.3 Å². The van der Waals surface area contributed by atoms with Gasteiger partial charge in [0, 0.05) is 36.3 Å². The molecule has 0 saturated carbocycles. The third-order valence-corrected chi connectivity index (χ3v) is 4.94.